The van der Waals surface area contributed by atoms with Crippen molar-refractivity contribution in [1.82, 2.24) is 0 Å². The monoisotopic (exact) mass is 308 g/mol. The fourth-order valence-electron chi connectivity index (χ4n) is 2.67. The molecule has 3 aromatic rings. The zero-order chi connectivity index (χ0) is 16.1. The Hall–Kier alpha value is -2.36. The second-order valence-corrected chi connectivity index (χ2v) is 5.59. The smallest absolute Gasteiger partial charge is 0.130 e. The van der Waals surface area contributed by atoms with Crippen molar-refractivity contribution in [2.75, 3.05) is 6.61 Å². The van der Waals surface area contributed by atoms with Gasteiger partial charge in [-0.15, -0.1) is 0 Å². The van der Waals surface area contributed by atoms with E-state index in [1.807, 2.05) is 66.7 Å². The van der Waals surface area contributed by atoms with Gasteiger partial charge in [0, 0.05) is 11.8 Å². The van der Waals surface area contributed by atoms with E-state index in [0.717, 1.165) is 27.6 Å². The fraction of sp³-hybridized carbons (Fsp3) is 0.200. The largest absolute Gasteiger partial charge is 0.488 e. The van der Waals surface area contributed by atoms with Crippen LogP contribution in [0.1, 0.15) is 11.1 Å². The lowest BCUT2D eigenvalue weighted by Crippen LogP contribution is -2.16. The second kappa shape index (κ2) is 7.27. The molecule has 0 aliphatic heterocycles. The first-order valence-corrected chi connectivity index (χ1v) is 7.74. The number of aliphatic hydroxyl groups is 2. The Morgan fingerprint density at radius 2 is 1.61 bits per heavy atom. The topological polar surface area (TPSA) is 49.7 Å². The van der Waals surface area contributed by atoms with Gasteiger partial charge in [0.2, 0.25) is 0 Å². The number of ether oxygens (including phenoxy) is 1. The molecule has 3 rings (SSSR count). The van der Waals surface area contributed by atoms with Crippen molar-refractivity contribution in [2.45, 2.75) is 19.1 Å². The molecular formula is C20H20O3. The Morgan fingerprint density at radius 3 is 2.39 bits per heavy atom. The normalized spacial score (nSPS) is 12.3. The molecule has 0 aliphatic rings. The second-order valence-electron chi connectivity index (χ2n) is 5.59. The third-order valence-corrected chi connectivity index (χ3v) is 3.85. The SMILES string of the molecule is OC[C@H](O)Cc1ccc2ccccc2c1OCc1ccccc1. The van der Waals surface area contributed by atoms with Crippen LogP contribution in [0.25, 0.3) is 10.8 Å². The van der Waals surface area contributed by atoms with Crippen LogP contribution >= 0.6 is 0 Å². The van der Waals surface area contributed by atoms with E-state index < -0.39 is 6.10 Å². The highest BCUT2D eigenvalue weighted by molar-refractivity contribution is 5.89. The molecule has 3 heteroatoms. The van der Waals surface area contributed by atoms with Gasteiger partial charge in [0.05, 0.1) is 12.7 Å². The highest BCUT2D eigenvalue weighted by atomic mass is 16.5. The average Bonchev–Trinajstić information content (AvgIpc) is 2.61. The van der Waals surface area contributed by atoms with Crippen LogP contribution in [0.5, 0.6) is 5.75 Å². The summed E-state index contributed by atoms with van der Waals surface area (Å²) in [6.07, 6.45) is -0.416. The molecule has 3 nitrogen and oxygen atoms in total. The van der Waals surface area contributed by atoms with Crippen molar-refractivity contribution in [3.63, 3.8) is 0 Å². The van der Waals surface area contributed by atoms with Gasteiger partial charge in [-0.1, -0.05) is 66.7 Å². The Kier molecular flexibility index (Phi) is 4.91. The molecule has 1 atom stereocenters. The Morgan fingerprint density at radius 1 is 0.870 bits per heavy atom. The van der Waals surface area contributed by atoms with Gasteiger partial charge in [0.1, 0.15) is 12.4 Å². The molecule has 2 N–H and O–H groups in total. The van der Waals surface area contributed by atoms with E-state index in [4.69, 9.17) is 9.84 Å². The predicted octanol–water partition coefficient (Wildman–Crippen LogP) is 3.31. The molecule has 23 heavy (non-hydrogen) atoms. The van der Waals surface area contributed by atoms with E-state index in [1.165, 1.54) is 0 Å². The molecule has 0 aromatic heterocycles. The maximum Gasteiger partial charge on any atom is 0.130 e. The van der Waals surface area contributed by atoms with Gasteiger partial charge in [0.15, 0.2) is 0 Å². The minimum absolute atomic E-state index is 0.259. The number of hydrogen-bond acceptors (Lipinski definition) is 3. The van der Waals surface area contributed by atoms with Crippen LogP contribution in [0.4, 0.5) is 0 Å². The summed E-state index contributed by atoms with van der Waals surface area (Å²) in [7, 11) is 0. The predicted molar refractivity (Wildman–Crippen MR) is 91.5 cm³/mol. The first-order valence-electron chi connectivity index (χ1n) is 7.74. The summed E-state index contributed by atoms with van der Waals surface area (Å²) in [5.74, 6) is 0.777. The standard InChI is InChI=1S/C20H20O3/c21-13-18(22)12-17-11-10-16-8-4-5-9-19(16)20(17)23-14-15-6-2-1-3-7-15/h1-11,18,21-22H,12-14H2/t18-/m1/s1. The molecule has 0 fully saturated rings. The summed E-state index contributed by atoms with van der Waals surface area (Å²) < 4.78 is 6.09. The highest BCUT2D eigenvalue weighted by Crippen LogP contribution is 2.31. The third kappa shape index (κ3) is 3.70. The Bertz CT molecular complexity index is 768. The summed E-state index contributed by atoms with van der Waals surface area (Å²) in [4.78, 5) is 0. The van der Waals surface area contributed by atoms with Gasteiger partial charge >= 0.3 is 0 Å². The molecule has 0 radical (unpaired) electrons. The average molecular weight is 308 g/mol. The molecule has 0 saturated carbocycles. The van der Waals surface area contributed by atoms with Gasteiger partial charge in [0.25, 0.3) is 0 Å². The number of aliphatic hydroxyl groups excluding tert-OH is 2. The lowest BCUT2D eigenvalue weighted by molar-refractivity contribution is 0.0948. The molecule has 118 valence electrons. The van der Waals surface area contributed by atoms with E-state index in [-0.39, 0.29) is 6.61 Å². The van der Waals surface area contributed by atoms with E-state index in [9.17, 15) is 5.11 Å². The molecule has 0 aliphatic carbocycles. The van der Waals surface area contributed by atoms with Crippen molar-refractivity contribution in [3.05, 3.63) is 77.9 Å². The molecular weight excluding hydrogens is 288 g/mol. The molecule has 0 spiro atoms. The Balaban J connectivity index is 1.95. The zero-order valence-corrected chi connectivity index (χ0v) is 12.9. The number of benzene rings is 3. The maximum absolute atomic E-state index is 9.79. The van der Waals surface area contributed by atoms with Crippen molar-refractivity contribution >= 4 is 10.8 Å². The zero-order valence-electron chi connectivity index (χ0n) is 12.9. The van der Waals surface area contributed by atoms with Gasteiger partial charge in [-0.05, 0) is 16.5 Å². The van der Waals surface area contributed by atoms with Crippen molar-refractivity contribution in [2.24, 2.45) is 0 Å². The molecule has 3 aromatic carbocycles. The first-order chi connectivity index (χ1) is 11.3. The minimum atomic E-state index is -0.782. The summed E-state index contributed by atoms with van der Waals surface area (Å²) in [6.45, 7) is 0.210. The molecule has 0 unspecified atom stereocenters. The number of hydrogen-bond donors (Lipinski definition) is 2. The van der Waals surface area contributed by atoms with E-state index >= 15 is 0 Å². The summed E-state index contributed by atoms with van der Waals surface area (Å²) in [6, 6.07) is 22.0. The quantitative estimate of drug-likeness (QED) is 0.734. The van der Waals surface area contributed by atoms with Gasteiger partial charge in [-0.2, -0.15) is 0 Å². The number of rotatable bonds is 6. The van der Waals surface area contributed by atoms with E-state index in [2.05, 4.69) is 0 Å². The van der Waals surface area contributed by atoms with Gasteiger partial charge in [-0.25, -0.2) is 0 Å². The third-order valence-electron chi connectivity index (χ3n) is 3.85. The van der Waals surface area contributed by atoms with Crippen LogP contribution < -0.4 is 4.74 Å². The lowest BCUT2D eigenvalue weighted by atomic mass is 10.0. The van der Waals surface area contributed by atoms with Gasteiger partial charge < -0.3 is 14.9 Å². The highest BCUT2D eigenvalue weighted by Gasteiger charge is 2.13. The summed E-state index contributed by atoms with van der Waals surface area (Å²) in [5, 5.41) is 21.0. The summed E-state index contributed by atoms with van der Waals surface area (Å²) >= 11 is 0. The Labute approximate surface area is 135 Å². The molecule has 0 amide bonds. The van der Waals surface area contributed by atoms with Crippen molar-refractivity contribution in [3.8, 4) is 5.75 Å². The maximum atomic E-state index is 9.79. The van der Waals surface area contributed by atoms with Gasteiger partial charge in [-0.3, -0.25) is 0 Å². The molecule has 0 saturated heterocycles. The number of fused-ring (bicyclic) bond motifs is 1. The molecule has 0 bridgehead atoms. The van der Waals surface area contributed by atoms with E-state index in [0.29, 0.717) is 13.0 Å². The van der Waals surface area contributed by atoms with Crippen LogP contribution in [-0.2, 0) is 13.0 Å². The van der Waals surface area contributed by atoms with Crippen LogP contribution in [0.2, 0.25) is 0 Å². The minimum Gasteiger partial charge on any atom is -0.488 e. The van der Waals surface area contributed by atoms with Crippen LogP contribution in [0, 0.1) is 0 Å². The van der Waals surface area contributed by atoms with Crippen LogP contribution in [-0.4, -0.2) is 22.9 Å². The fourth-order valence-corrected chi connectivity index (χ4v) is 2.67. The molecule has 0 heterocycles. The van der Waals surface area contributed by atoms with Crippen LogP contribution in [0.3, 0.4) is 0 Å². The van der Waals surface area contributed by atoms with Crippen molar-refractivity contribution < 1.29 is 14.9 Å². The lowest BCUT2D eigenvalue weighted by Gasteiger charge is -2.16. The van der Waals surface area contributed by atoms with Crippen LogP contribution in [0.15, 0.2) is 66.7 Å². The first kappa shape index (κ1) is 15.5. The summed E-state index contributed by atoms with van der Waals surface area (Å²) in [5.41, 5.74) is 2.00. The van der Waals surface area contributed by atoms with E-state index in [1.54, 1.807) is 0 Å². The van der Waals surface area contributed by atoms with Crippen molar-refractivity contribution in [1.29, 1.82) is 0 Å².